The van der Waals surface area contributed by atoms with Gasteiger partial charge in [-0.25, -0.2) is 0 Å². The van der Waals surface area contributed by atoms with Crippen LogP contribution in [0.2, 0.25) is 0 Å². The van der Waals surface area contributed by atoms with Gasteiger partial charge < -0.3 is 10.0 Å². The van der Waals surface area contributed by atoms with Crippen molar-refractivity contribution in [3.63, 3.8) is 0 Å². The standard InChI is InChI=1S/C13H16INO2/c14-11-3-1-2-10(8-11)9-13(17)15(6-7-16)12-4-5-12/h1-3,8,12,16H,4-7,9H2. The predicted octanol–water partition coefficient (Wildman–Crippen LogP) is 1.82. The fraction of sp³-hybridized carbons (Fsp3) is 0.462. The Labute approximate surface area is 115 Å². The maximum atomic E-state index is 12.1. The van der Waals surface area contributed by atoms with Gasteiger partial charge in [-0.05, 0) is 53.1 Å². The fourth-order valence-electron chi connectivity index (χ4n) is 1.93. The highest BCUT2D eigenvalue weighted by Gasteiger charge is 2.31. The van der Waals surface area contributed by atoms with E-state index < -0.39 is 0 Å². The van der Waals surface area contributed by atoms with Gasteiger partial charge in [0.15, 0.2) is 0 Å². The van der Waals surface area contributed by atoms with Crippen LogP contribution in [0.5, 0.6) is 0 Å². The normalized spacial score (nSPS) is 14.7. The van der Waals surface area contributed by atoms with E-state index >= 15 is 0 Å². The summed E-state index contributed by atoms with van der Waals surface area (Å²) in [5.41, 5.74) is 1.05. The Balaban J connectivity index is 1.99. The number of nitrogens with zero attached hydrogens (tertiary/aromatic N) is 1. The molecule has 17 heavy (non-hydrogen) atoms. The van der Waals surface area contributed by atoms with Crippen molar-refractivity contribution in [2.75, 3.05) is 13.2 Å². The molecule has 1 aliphatic carbocycles. The average molecular weight is 345 g/mol. The molecule has 1 amide bonds. The molecule has 0 saturated heterocycles. The van der Waals surface area contributed by atoms with Crippen LogP contribution in [0.4, 0.5) is 0 Å². The van der Waals surface area contributed by atoms with Crippen molar-refractivity contribution in [3.8, 4) is 0 Å². The number of carbonyl (C=O) groups excluding carboxylic acids is 1. The van der Waals surface area contributed by atoms with E-state index in [1.54, 1.807) is 0 Å². The van der Waals surface area contributed by atoms with Gasteiger partial charge in [0.1, 0.15) is 0 Å². The van der Waals surface area contributed by atoms with Crippen molar-refractivity contribution in [1.29, 1.82) is 0 Å². The minimum absolute atomic E-state index is 0.0502. The number of hydrogen-bond donors (Lipinski definition) is 1. The number of hydrogen-bond acceptors (Lipinski definition) is 2. The third-order valence-corrected chi connectivity index (χ3v) is 3.56. The van der Waals surface area contributed by atoms with Gasteiger partial charge in [-0.15, -0.1) is 0 Å². The van der Waals surface area contributed by atoms with Gasteiger partial charge >= 0.3 is 0 Å². The van der Waals surface area contributed by atoms with Crippen LogP contribution in [-0.4, -0.2) is 35.1 Å². The number of aliphatic hydroxyl groups is 1. The molecular weight excluding hydrogens is 329 g/mol. The van der Waals surface area contributed by atoms with Crippen LogP contribution in [0.1, 0.15) is 18.4 Å². The molecule has 92 valence electrons. The Morgan fingerprint density at radius 1 is 1.47 bits per heavy atom. The quantitative estimate of drug-likeness (QED) is 0.827. The summed E-state index contributed by atoms with van der Waals surface area (Å²) in [6.07, 6.45) is 2.60. The highest BCUT2D eigenvalue weighted by atomic mass is 127. The highest BCUT2D eigenvalue weighted by molar-refractivity contribution is 14.1. The molecule has 1 fully saturated rings. The summed E-state index contributed by atoms with van der Waals surface area (Å²) in [4.78, 5) is 13.9. The van der Waals surface area contributed by atoms with E-state index in [0.717, 1.165) is 22.0 Å². The van der Waals surface area contributed by atoms with Crippen molar-refractivity contribution < 1.29 is 9.90 Å². The van der Waals surface area contributed by atoms with Gasteiger partial charge in [0, 0.05) is 16.2 Å². The number of benzene rings is 1. The molecule has 1 aliphatic rings. The molecule has 1 saturated carbocycles. The Kier molecular flexibility index (Phi) is 4.39. The fourth-order valence-corrected chi connectivity index (χ4v) is 2.54. The van der Waals surface area contributed by atoms with Crippen LogP contribution < -0.4 is 0 Å². The van der Waals surface area contributed by atoms with Gasteiger partial charge in [-0.3, -0.25) is 4.79 Å². The van der Waals surface area contributed by atoms with Crippen molar-refractivity contribution in [2.24, 2.45) is 0 Å². The van der Waals surface area contributed by atoms with E-state index in [1.807, 2.05) is 29.2 Å². The van der Waals surface area contributed by atoms with Crippen LogP contribution in [0.3, 0.4) is 0 Å². The smallest absolute Gasteiger partial charge is 0.227 e. The molecule has 0 radical (unpaired) electrons. The maximum absolute atomic E-state index is 12.1. The number of rotatable bonds is 5. The summed E-state index contributed by atoms with van der Waals surface area (Å²) in [6, 6.07) is 8.36. The Hall–Kier alpha value is -0.620. The SMILES string of the molecule is O=C(Cc1cccc(I)c1)N(CCO)C1CC1. The molecule has 1 aromatic rings. The number of halogens is 1. The summed E-state index contributed by atoms with van der Waals surface area (Å²) >= 11 is 2.25. The van der Waals surface area contributed by atoms with Crippen molar-refractivity contribution in [1.82, 2.24) is 4.90 Å². The zero-order chi connectivity index (χ0) is 12.3. The molecule has 0 bridgehead atoms. The predicted molar refractivity (Wildman–Crippen MR) is 74.7 cm³/mol. The van der Waals surface area contributed by atoms with E-state index in [-0.39, 0.29) is 12.5 Å². The molecule has 0 aromatic heterocycles. The lowest BCUT2D eigenvalue weighted by molar-refractivity contribution is -0.131. The van der Waals surface area contributed by atoms with Crippen LogP contribution in [0.25, 0.3) is 0 Å². The summed E-state index contributed by atoms with van der Waals surface area (Å²) < 4.78 is 1.15. The first-order chi connectivity index (χ1) is 8.20. The van der Waals surface area contributed by atoms with E-state index in [4.69, 9.17) is 5.11 Å². The van der Waals surface area contributed by atoms with Crippen molar-refractivity contribution >= 4 is 28.5 Å². The van der Waals surface area contributed by atoms with Gasteiger partial charge in [0.2, 0.25) is 5.91 Å². The maximum Gasteiger partial charge on any atom is 0.227 e. The highest BCUT2D eigenvalue weighted by Crippen LogP contribution is 2.27. The first-order valence-electron chi connectivity index (χ1n) is 5.85. The Morgan fingerprint density at radius 2 is 2.24 bits per heavy atom. The zero-order valence-corrected chi connectivity index (χ0v) is 11.8. The van der Waals surface area contributed by atoms with Crippen molar-refractivity contribution in [2.45, 2.75) is 25.3 Å². The average Bonchev–Trinajstić information content (AvgIpc) is 3.09. The minimum atomic E-state index is 0.0502. The van der Waals surface area contributed by atoms with Gasteiger partial charge in [-0.2, -0.15) is 0 Å². The van der Waals surface area contributed by atoms with E-state index in [0.29, 0.717) is 19.0 Å². The summed E-state index contributed by atoms with van der Waals surface area (Å²) in [7, 11) is 0. The zero-order valence-electron chi connectivity index (χ0n) is 9.60. The number of aliphatic hydroxyl groups excluding tert-OH is 1. The van der Waals surface area contributed by atoms with Crippen molar-refractivity contribution in [3.05, 3.63) is 33.4 Å². The van der Waals surface area contributed by atoms with Gasteiger partial charge in [0.05, 0.1) is 13.0 Å². The van der Waals surface area contributed by atoms with Gasteiger partial charge in [0.25, 0.3) is 0 Å². The Bertz CT molecular complexity index is 404. The molecule has 0 atom stereocenters. The molecule has 3 nitrogen and oxygen atoms in total. The molecule has 0 heterocycles. The van der Waals surface area contributed by atoms with E-state index in [2.05, 4.69) is 22.6 Å². The third-order valence-electron chi connectivity index (χ3n) is 2.89. The second-order valence-corrected chi connectivity index (χ2v) is 5.59. The first kappa shape index (κ1) is 12.8. The second kappa shape index (κ2) is 5.82. The van der Waals surface area contributed by atoms with E-state index in [1.165, 1.54) is 0 Å². The summed E-state index contributed by atoms with van der Waals surface area (Å²) in [5.74, 6) is 0.128. The second-order valence-electron chi connectivity index (χ2n) is 4.35. The third kappa shape index (κ3) is 3.67. The molecule has 1 N–H and O–H groups in total. The first-order valence-corrected chi connectivity index (χ1v) is 6.93. The van der Waals surface area contributed by atoms with Gasteiger partial charge in [-0.1, -0.05) is 12.1 Å². The molecular formula is C13H16INO2. The largest absolute Gasteiger partial charge is 0.395 e. The minimum Gasteiger partial charge on any atom is -0.395 e. The molecule has 1 aromatic carbocycles. The molecule has 0 spiro atoms. The lowest BCUT2D eigenvalue weighted by atomic mass is 10.1. The summed E-state index contributed by atoms with van der Waals surface area (Å²) in [5, 5.41) is 8.98. The van der Waals surface area contributed by atoms with Crippen LogP contribution in [0.15, 0.2) is 24.3 Å². The molecule has 0 unspecified atom stereocenters. The van der Waals surface area contributed by atoms with E-state index in [9.17, 15) is 4.79 Å². The lowest BCUT2D eigenvalue weighted by Gasteiger charge is -2.21. The molecule has 0 aliphatic heterocycles. The molecule has 4 heteroatoms. The number of amides is 1. The molecule has 2 rings (SSSR count). The topological polar surface area (TPSA) is 40.5 Å². The van der Waals surface area contributed by atoms with Crippen LogP contribution in [-0.2, 0) is 11.2 Å². The summed E-state index contributed by atoms with van der Waals surface area (Å²) in [6.45, 7) is 0.516. The lowest BCUT2D eigenvalue weighted by Crippen LogP contribution is -2.36. The van der Waals surface area contributed by atoms with Crippen LogP contribution in [0, 0.1) is 3.57 Å². The monoisotopic (exact) mass is 345 g/mol. The van der Waals surface area contributed by atoms with Crippen LogP contribution >= 0.6 is 22.6 Å². The Morgan fingerprint density at radius 3 is 2.82 bits per heavy atom. The number of carbonyl (C=O) groups is 1.